The molecule has 1 rings (SSSR count). The molecule has 1 heteroatoms. The largest absolute Gasteiger partial charge is 0.0991 e. The van der Waals surface area contributed by atoms with Gasteiger partial charge in [-0.3, -0.25) is 0 Å². The van der Waals surface area contributed by atoms with E-state index in [9.17, 15) is 0 Å². The van der Waals surface area contributed by atoms with Gasteiger partial charge in [0.05, 0.1) is 0 Å². The van der Waals surface area contributed by atoms with Crippen molar-refractivity contribution in [1.82, 2.24) is 0 Å². The van der Waals surface area contributed by atoms with E-state index < -0.39 is 0 Å². The number of rotatable bonds is 4. The molecule has 0 N–H and O–H groups in total. The van der Waals surface area contributed by atoms with E-state index in [4.69, 9.17) is 0 Å². The zero-order valence-electron chi connectivity index (χ0n) is 14.3. The second-order valence-corrected chi connectivity index (χ2v) is 3.85. The third kappa shape index (κ3) is 14.8. The fourth-order valence-corrected chi connectivity index (χ4v) is 1.81. The van der Waals surface area contributed by atoms with Crippen LogP contribution in [0.25, 0.3) is 0 Å². The van der Waals surface area contributed by atoms with Gasteiger partial charge in [-0.25, -0.2) is 0 Å². The van der Waals surface area contributed by atoms with E-state index in [1.54, 1.807) is 17.8 Å². The minimum Gasteiger partial charge on any atom is -0.0991 e. The van der Waals surface area contributed by atoms with E-state index >= 15 is 0 Å². The van der Waals surface area contributed by atoms with Gasteiger partial charge in [-0.15, -0.1) is 0 Å². The highest BCUT2D eigenvalue weighted by atomic mass is 32.2. The lowest BCUT2D eigenvalue weighted by Crippen LogP contribution is -1.71. The first-order valence-electron chi connectivity index (χ1n) is 7.55. The Hall–Kier alpha value is -1.21. The summed E-state index contributed by atoms with van der Waals surface area (Å²) >= 11 is 1.76. The molecule has 0 saturated carbocycles. The van der Waals surface area contributed by atoms with E-state index in [0.29, 0.717) is 0 Å². The van der Waals surface area contributed by atoms with Crippen molar-refractivity contribution in [2.24, 2.45) is 0 Å². The van der Waals surface area contributed by atoms with Crippen molar-refractivity contribution < 1.29 is 0 Å². The summed E-state index contributed by atoms with van der Waals surface area (Å²) in [5.74, 6) is 0. The minimum atomic E-state index is 1.23. The van der Waals surface area contributed by atoms with Gasteiger partial charge in [-0.2, -0.15) is 0 Å². The van der Waals surface area contributed by atoms with Crippen molar-refractivity contribution in [3.8, 4) is 0 Å². The van der Waals surface area contributed by atoms with Crippen LogP contribution in [0.3, 0.4) is 0 Å². The highest BCUT2D eigenvalue weighted by Gasteiger charge is 1.94. The summed E-state index contributed by atoms with van der Waals surface area (Å²) in [4.78, 5) is 2.49. The fraction of sp³-hybridized carbons (Fsp3) is 0.368. The zero-order chi connectivity index (χ0) is 16.2. The summed E-state index contributed by atoms with van der Waals surface area (Å²) in [5.41, 5.74) is 0. The summed E-state index contributed by atoms with van der Waals surface area (Å²) in [6.07, 6.45) is 7.89. The summed E-state index contributed by atoms with van der Waals surface area (Å²) in [5, 5.41) is 0. The molecule has 0 atom stereocenters. The Kier molecular flexibility index (Phi) is 27.3. The summed E-state index contributed by atoms with van der Waals surface area (Å²) in [6, 6.07) is 10.3. The van der Waals surface area contributed by atoms with Crippen molar-refractivity contribution in [2.45, 2.75) is 53.4 Å². The maximum absolute atomic E-state index is 3.65. The molecule has 0 spiro atoms. The molecule has 0 aromatic heterocycles. The van der Waals surface area contributed by atoms with Gasteiger partial charge in [-0.05, 0) is 25.1 Å². The number of thioether (sulfide) groups is 1. The lowest BCUT2D eigenvalue weighted by Gasteiger charge is -2.00. The second kappa shape index (κ2) is 22.9. The molecule has 0 nitrogen and oxygen atoms in total. The van der Waals surface area contributed by atoms with Gasteiger partial charge in [0.15, 0.2) is 0 Å². The number of hydrogen-bond donors (Lipinski definition) is 0. The molecule has 0 fully saturated rings. The molecule has 0 aliphatic rings. The topological polar surface area (TPSA) is 0 Å². The molecule has 1 aromatic carbocycles. The van der Waals surface area contributed by atoms with Crippen LogP contribution in [0.4, 0.5) is 0 Å². The quantitative estimate of drug-likeness (QED) is 0.409. The molecule has 0 aliphatic heterocycles. The van der Waals surface area contributed by atoms with Gasteiger partial charge in [0.2, 0.25) is 0 Å². The van der Waals surface area contributed by atoms with E-state index in [1.807, 2.05) is 72.7 Å². The molecular formula is C19H32S. The lowest BCUT2D eigenvalue weighted by atomic mass is 10.4. The first-order valence-corrected chi connectivity index (χ1v) is 8.37. The molecule has 0 saturated heterocycles. The van der Waals surface area contributed by atoms with Crippen molar-refractivity contribution >= 4 is 11.8 Å². The Morgan fingerprint density at radius 3 is 1.85 bits per heavy atom. The highest BCUT2D eigenvalue weighted by Crippen LogP contribution is 2.26. The lowest BCUT2D eigenvalue weighted by molar-refractivity contribution is 1.47. The van der Waals surface area contributed by atoms with Crippen LogP contribution in [0.2, 0.25) is 0 Å². The Labute approximate surface area is 131 Å². The van der Waals surface area contributed by atoms with Gasteiger partial charge in [0.25, 0.3) is 0 Å². The average Bonchev–Trinajstić information content (AvgIpc) is 2.58. The fourth-order valence-electron chi connectivity index (χ4n) is 0.977. The maximum Gasteiger partial charge on any atom is 0.0122 e. The van der Waals surface area contributed by atoms with Gasteiger partial charge in [-0.1, -0.05) is 96.3 Å². The molecule has 0 unspecified atom stereocenters. The summed E-state index contributed by atoms with van der Waals surface area (Å²) in [7, 11) is 0. The van der Waals surface area contributed by atoms with Crippen LogP contribution in [0.1, 0.15) is 48.5 Å². The molecule has 20 heavy (non-hydrogen) atoms. The number of allylic oxidation sites excluding steroid dienone is 4. The summed E-state index contributed by atoms with van der Waals surface area (Å²) < 4.78 is 0. The Bertz CT molecular complexity index is 334. The molecule has 114 valence electrons. The average molecular weight is 293 g/mol. The van der Waals surface area contributed by atoms with Crippen LogP contribution in [0.15, 0.2) is 71.0 Å². The van der Waals surface area contributed by atoms with Crippen molar-refractivity contribution in [3.63, 3.8) is 0 Å². The van der Waals surface area contributed by atoms with Crippen LogP contribution in [0, 0.1) is 0 Å². The zero-order valence-corrected chi connectivity index (χ0v) is 15.1. The predicted molar refractivity (Wildman–Crippen MR) is 99.4 cm³/mol. The van der Waals surface area contributed by atoms with Crippen molar-refractivity contribution in [1.29, 1.82) is 0 Å². The third-order valence-electron chi connectivity index (χ3n) is 1.66. The number of hydrogen-bond acceptors (Lipinski definition) is 1. The Balaban J connectivity index is -0.000000425. The first-order chi connectivity index (χ1) is 9.86. The SMILES string of the molecule is C=C/C=C\C(=C/C)Sc1ccccc1.CC.CC.CC. The molecule has 0 amide bonds. The van der Waals surface area contributed by atoms with Crippen LogP contribution in [-0.2, 0) is 0 Å². The molecule has 1 aromatic rings. The van der Waals surface area contributed by atoms with Gasteiger partial charge < -0.3 is 0 Å². The first kappa shape index (κ1) is 23.9. The monoisotopic (exact) mass is 292 g/mol. The smallest absolute Gasteiger partial charge is 0.0122 e. The van der Waals surface area contributed by atoms with Crippen LogP contribution in [0.5, 0.6) is 0 Å². The van der Waals surface area contributed by atoms with E-state index in [-0.39, 0.29) is 0 Å². The van der Waals surface area contributed by atoms with Crippen LogP contribution < -0.4 is 0 Å². The summed E-state index contributed by atoms with van der Waals surface area (Å²) in [6.45, 7) is 17.7. The predicted octanol–water partition coefficient (Wildman–Crippen LogP) is 7.50. The van der Waals surface area contributed by atoms with Crippen LogP contribution >= 0.6 is 11.8 Å². The van der Waals surface area contributed by atoms with E-state index in [0.717, 1.165) is 0 Å². The molecule has 0 heterocycles. The highest BCUT2D eigenvalue weighted by molar-refractivity contribution is 8.03. The van der Waals surface area contributed by atoms with Crippen molar-refractivity contribution in [3.05, 3.63) is 66.1 Å². The maximum atomic E-state index is 3.65. The van der Waals surface area contributed by atoms with E-state index in [1.165, 1.54) is 9.80 Å². The third-order valence-corrected chi connectivity index (χ3v) is 2.78. The Morgan fingerprint density at radius 1 is 0.950 bits per heavy atom. The normalized spacial score (nSPS) is 9.25. The number of benzene rings is 1. The van der Waals surface area contributed by atoms with Gasteiger partial charge in [0.1, 0.15) is 0 Å². The molecule has 0 bridgehead atoms. The molecule has 0 aliphatic carbocycles. The standard InChI is InChI=1S/C13H14S.3C2H6/c1-3-5-9-12(4-2)14-13-10-7-6-8-11-13;3*1-2/h3-11H,1H2,2H3;3*1-2H3/b9-5-,12-4+;;;. The molecular weight excluding hydrogens is 260 g/mol. The van der Waals surface area contributed by atoms with E-state index in [2.05, 4.69) is 30.9 Å². The Morgan fingerprint density at radius 2 is 1.45 bits per heavy atom. The van der Waals surface area contributed by atoms with Crippen molar-refractivity contribution in [2.75, 3.05) is 0 Å². The van der Waals surface area contributed by atoms with Gasteiger partial charge >= 0.3 is 0 Å². The van der Waals surface area contributed by atoms with Gasteiger partial charge in [0, 0.05) is 9.80 Å². The van der Waals surface area contributed by atoms with Crippen LogP contribution in [-0.4, -0.2) is 0 Å². The minimum absolute atomic E-state index is 1.23. The second-order valence-electron chi connectivity index (χ2n) is 2.70. The molecule has 0 radical (unpaired) electrons.